The lowest BCUT2D eigenvalue weighted by Gasteiger charge is -2.34. The van der Waals surface area contributed by atoms with E-state index in [4.69, 9.17) is 50.2 Å². The molecule has 0 spiro atoms. The third kappa shape index (κ3) is 16.3. The molecule has 84 heavy (non-hydrogen) atoms. The molecule has 30 nitrogen and oxygen atoms in total. The van der Waals surface area contributed by atoms with Crippen molar-refractivity contribution in [1.29, 1.82) is 0 Å². The molecule has 2 fully saturated rings. The fourth-order valence-corrected chi connectivity index (χ4v) is 9.43. The molecule has 2 atom stereocenters. The Labute approximate surface area is 479 Å². The van der Waals surface area contributed by atoms with Gasteiger partial charge in [-0.05, 0) is 43.7 Å². The standard InChI is InChI=1S/2C23H25N4O9P.C6H14N2O2/c2*1-34-17-12-24-21(35-2)19-18(17)16(13-27(19)14-36-37(31,32)33)20(28)23(30)26-10-8-25(9-11-26)22(29)15-6-4-3-5-7-15;7-4-2-1-3-5(8)6(9)10/h2*3-7,12-13H,8-11,14H2,1-2H3,(H2,31,32,33);5H,1-4,7-8H2,(H,9,10)/p-1. The summed E-state index contributed by atoms with van der Waals surface area (Å²) < 4.78 is 55.1. The van der Waals surface area contributed by atoms with Crippen molar-refractivity contribution in [1.82, 2.24) is 38.7 Å². The van der Waals surface area contributed by atoms with Gasteiger partial charge in [0.05, 0.1) is 62.7 Å². The molecular weight excluding hydrogens is 1150 g/mol. The van der Waals surface area contributed by atoms with Gasteiger partial charge in [-0.15, -0.1) is 0 Å². The van der Waals surface area contributed by atoms with E-state index in [0.29, 0.717) is 24.1 Å². The molecule has 452 valence electrons. The zero-order valence-electron chi connectivity index (χ0n) is 46.0. The van der Waals surface area contributed by atoms with E-state index in [1.807, 2.05) is 12.1 Å². The van der Waals surface area contributed by atoms with Gasteiger partial charge in [0.2, 0.25) is 11.8 Å². The molecule has 6 heterocycles. The van der Waals surface area contributed by atoms with Crippen LogP contribution in [-0.2, 0) is 46.0 Å². The van der Waals surface area contributed by atoms with Crippen molar-refractivity contribution in [2.24, 2.45) is 11.5 Å². The van der Waals surface area contributed by atoms with Crippen LogP contribution in [0.15, 0.2) is 85.5 Å². The number of piperazine rings is 2. The van der Waals surface area contributed by atoms with Crippen LogP contribution in [0.25, 0.3) is 21.8 Å². The number of unbranched alkanes of at least 4 members (excludes halogenated alkanes) is 1. The maximum absolute atomic E-state index is 13.4. The lowest BCUT2D eigenvalue weighted by atomic mass is 10.1. The Balaban J connectivity index is 0.000000232. The average Bonchev–Trinajstić information content (AvgIpc) is 1.99. The van der Waals surface area contributed by atoms with Crippen LogP contribution in [0.5, 0.6) is 23.3 Å². The first kappa shape index (κ1) is 65.0. The summed E-state index contributed by atoms with van der Waals surface area (Å²) >= 11 is 0. The number of ether oxygens (including phenoxy) is 4. The number of hydrogen-bond acceptors (Lipinski definition) is 20. The van der Waals surface area contributed by atoms with E-state index in [9.17, 15) is 47.6 Å². The maximum atomic E-state index is 13.4. The van der Waals surface area contributed by atoms with Gasteiger partial charge in [0, 0.05) is 75.9 Å². The number of amides is 4. The van der Waals surface area contributed by atoms with Crippen LogP contribution in [0.3, 0.4) is 0 Å². The van der Waals surface area contributed by atoms with Crippen LogP contribution >= 0.6 is 15.6 Å². The predicted molar refractivity (Wildman–Crippen MR) is 295 cm³/mol. The Kier molecular flexibility index (Phi) is 22.7. The third-order valence-electron chi connectivity index (χ3n) is 13.1. The highest BCUT2D eigenvalue weighted by Gasteiger charge is 2.35. The van der Waals surface area contributed by atoms with Crippen molar-refractivity contribution in [3.8, 4) is 23.3 Å². The zero-order valence-corrected chi connectivity index (χ0v) is 47.8. The number of nitrogens with zero attached hydrogens (tertiary/aromatic N) is 8. The lowest BCUT2D eigenvalue weighted by molar-refractivity contribution is -0.222. The number of ketones is 2. The van der Waals surface area contributed by atoms with Gasteiger partial charge < -0.3 is 83.8 Å². The zero-order chi connectivity index (χ0) is 61.5. The number of fused-ring (bicyclic) bond motifs is 2. The summed E-state index contributed by atoms with van der Waals surface area (Å²) in [5.41, 5.74) is 11.6. The molecule has 2 unspecified atom stereocenters. The fraction of sp³-hybridized carbons (Fsp3) is 0.365. The van der Waals surface area contributed by atoms with Crippen molar-refractivity contribution in [2.75, 3.05) is 87.3 Å². The Morgan fingerprint density at radius 2 is 0.976 bits per heavy atom. The first-order chi connectivity index (χ1) is 40.0. The fourth-order valence-electron chi connectivity index (χ4n) is 8.89. The number of nitrogens with two attached hydrogens (primary N) is 2. The van der Waals surface area contributed by atoms with Gasteiger partial charge in [0.1, 0.15) is 42.0 Å². The van der Waals surface area contributed by atoms with Gasteiger partial charge in [0.25, 0.3) is 43.0 Å². The SMILES string of the molecule is COc1cnc(OC)c2c1c(C(=O)C(=O)N1CCN(C(=O)c3ccccc3)CC1)cn2COP(=O)(O)O.COc1cnc(OC)c2c1c(C(=O)C(=O)N1CCN(C(=O)c3ccccc3)CC1)cn2COP(=O)([O-])O.NCCCCC(N)C(=O)O. The molecule has 8 N–H and O–H groups in total. The molecule has 0 aliphatic carbocycles. The van der Waals surface area contributed by atoms with Crippen molar-refractivity contribution in [3.05, 3.63) is 108 Å². The number of Topliss-reactive ketones (excluding diaryl/α,β-unsaturated/α-hetero) is 2. The van der Waals surface area contributed by atoms with Gasteiger partial charge in [-0.3, -0.25) is 47.2 Å². The van der Waals surface area contributed by atoms with Crippen molar-refractivity contribution in [3.63, 3.8) is 0 Å². The Hall–Kier alpha value is -8.15. The number of phosphoric ester groups is 2. The first-order valence-electron chi connectivity index (χ1n) is 25.6. The van der Waals surface area contributed by atoms with Crippen LogP contribution in [0.4, 0.5) is 0 Å². The number of methoxy groups -OCH3 is 4. The number of carboxylic acids is 1. The molecule has 0 saturated carbocycles. The number of rotatable bonds is 21. The highest BCUT2D eigenvalue weighted by Crippen LogP contribution is 2.41. The second kappa shape index (κ2) is 29.4. The van der Waals surface area contributed by atoms with Crippen LogP contribution in [0, 0.1) is 0 Å². The van der Waals surface area contributed by atoms with Crippen molar-refractivity contribution >= 4 is 78.6 Å². The number of phosphoric acid groups is 2. The first-order valence-corrected chi connectivity index (χ1v) is 28.6. The minimum atomic E-state index is -5.10. The molecule has 4 aromatic heterocycles. The molecule has 32 heteroatoms. The summed E-state index contributed by atoms with van der Waals surface area (Å²) in [5, 5.41) is 8.67. The van der Waals surface area contributed by atoms with Gasteiger partial charge in [-0.25, -0.2) is 14.5 Å². The molecule has 6 aromatic rings. The summed E-state index contributed by atoms with van der Waals surface area (Å²) in [6.45, 7) is 0.874. The molecule has 0 radical (unpaired) electrons. The highest BCUT2D eigenvalue weighted by molar-refractivity contribution is 7.46. The number of carbonyl (C=O) groups is 7. The summed E-state index contributed by atoms with van der Waals surface area (Å²) in [6, 6.07) is 16.8. The van der Waals surface area contributed by atoms with Gasteiger partial charge in [0.15, 0.2) is 0 Å². The molecule has 2 aliphatic heterocycles. The summed E-state index contributed by atoms with van der Waals surface area (Å²) in [6.07, 6.45) is 7.22. The van der Waals surface area contributed by atoms with Gasteiger partial charge in [-0.2, -0.15) is 0 Å². The largest absolute Gasteiger partial charge is 0.756 e. The van der Waals surface area contributed by atoms with E-state index >= 15 is 0 Å². The van der Waals surface area contributed by atoms with Gasteiger partial charge in [-0.1, -0.05) is 42.8 Å². The van der Waals surface area contributed by atoms with Crippen molar-refractivity contribution in [2.45, 2.75) is 38.8 Å². The summed E-state index contributed by atoms with van der Waals surface area (Å²) in [7, 11) is -4.60. The normalized spacial score (nSPS) is 14.5. The van der Waals surface area contributed by atoms with Crippen LogP contribution in [0.1, 0.15) is 60.7 Å². The van der Waals surface area contributed by atoms with E-state index in [2.05, 4.69) is 19.0 Å². The van der Waals surface area contributed by atoms with Crippen LogP contribution in [-0.4, -0.2) is 193 Å². The lowest BCUT2D eigenvalue weighted by Crippen LogP contribution is -2.52. The smallest absolute Gasteiger partial charge is 0.471 e. The summed E-state index contributed by atoms with van der Waals surface area (Å²) in [5.74, 6) is -4.26. The quantitative estimate of drug-likeness (QED) is 0.0257. The Morgan fingerprint density at radius 1 is 0.595 bits per heavy atom. The van der Waals surface area contributed by atoms with Crippen molar-refractivity contribution < 1.29 is 95.4 Å². The average molecular weight is 1210 g/mol. The number of pyridine rings is 2. The summed E-state index contributed by atoms with van der Waals surface area (Å²) in [4.78, 5) is 141. The highest BCUT2D eigenvalue weighted by atomic mass is 31.2. The monoisotopic (exact) mass is 1210 g/mol. The molecule has 2 aromatic carbocycles. The second-order valence-electron chi connectivity index (χ2n) is 18.4. The Morgan fingerprint density at radius 3 is 1.31 bits per heavy atom. The van der Waals surface area contributed by atoms with Crippen LogP contribution < -0.4 is 35.3 Å². The topological polar surface area (TPSA) is 414 Å². The minimum Gasteiger partial charge on any atom is -0.756 e. The molecule has 0 bridgehead atoms. The maximum Gasteiger partial charge on any atom is 0.471 e. The molecule has 2 saturated heterocycles. The molecular formula is C52H63N10O20P2-. The van der Waals surface area contributed by atoms with Crippen LogP contribution in [0.2, 0.25) is 0 Å². The van der Waals surface area contributed by atoms with E-state index < -0.39 is 64.5 Å². The van der Waals surface area contributed by atoms with E-state index in [1.165, 1.54) is 72.2 Å². The van der Waals surface area contributed by atoms with E-state index in [-0.39, 0.29) is 120 Å². The molecule has 2 aliphatic rings. The number of aromatic nitrogens is 4. The number of hydrogen-bond donors (Lipinski definition) is 6. The van der Waals surface area contributed by atoms with E-state index in [0.717, 1.165) is 12.8 Å². The number of benzene rings is 2. The number of aliphatic carboxylic acids is 1. The molecule has 8 rings (SSSR count). The minimum absolute atomic E-state index is 0.0117. The van der Waals surface area contributed by atoms with Gasteiger partial charge >= 0.3 is 13.8 Å². The number of carbonyl (C=O) groups excluding carboxylic acids is 6. The predicted octanol–water partition coefficient (Wildman–Crippen LogP) is 1.47. The Bertz CT molecular complexity index is 3220. The second-order valence-corrected chi connectivity index (χ2v) is 20.8. The number of carboxylic acid groups (broad SMARTS) is 1. The molecule has 4 amide bonds. The van der Waals surface area contributed by atoms with E-state index in [1.54, 1.807) is 58.3 Å². The third-order valence-corrected chi connectivity index (χ3v) is 14.0.